The monoisotopic (exact) mass is 270 g/mol. The van der Waals surface area contributed by atoms with E-state index in [1.54, 1.807) is 11.8 Å². The van der Waals surface area contributed by atoms with Gasteiger partial charge in [0, 0.05) is 52.6 Å². The van der Waals surface area contributed by atoms with Crippen LogP contribution in [0, 0.1) is 0 Å². The van der Waals surface area contributed by atoms with E-state index in [1.807, 2.05) is 6.20 Å². The Labute approximate surface area is 112 Å². The zero-order valence-electron chi connectivity index (χ0n) is 11.3. The van der Waals surface area contributed by atoms with Crippen LogP contribution in [-0.4, -0.2) is 59.2 Å². The van der Waals surface area contributed by atoms with Crippen molar-refractivity contribution in [2.45, 2.75) is 31.5 Å². The third-order valence-corrected chi connectivity index (χ3v) is 3.38. The van der Waals surface area contributed by atoms with Crippen LogP contribution < -0.4 is 5.32 Å². The summed E-state index contributed by atoms with van der Waals surface area (Å²) in [6, 6.07) is 0. The molecular formula is C12H22N4O3. The van der Waals surface area contributed by atoms with E-state index >= 15 is 0 Å². The van der Waals surface area contributed by atoms with Gasteiger partial charge in [0.15, 0.2) is 0 Å². The van der Waals surface area contributed by atoms with Crippen molar-refractivity contribution in [2.75, 3.05) is 33.5 Å². The number of aromatic nitrogens is 3. The minimum Gasteiger partial charge on any atom is -0.396 e. The molecule has 2 heterocycles. The van der Waals surface area contributed by atoms with Crippen LogP contribution in [-0.2, 0) is 22.6 Å². The minimum absolute atomic E-state index is 0.170. The lowest BCUT2D eigenvalue weighted by Gasteiger charge is -2.25. The Hall–Kier alpha value is -1.02. The van der Waals surface area contributed by atoms with Crippen LogP contribution >= 0.6 is 0 Å². The van der Waals surface area contributed by atoms with Crippen molar-refractivity contribution in [1.29, 1.82) is 0 Å². The number of rotatable bonds is 8. The second kappa shape index (κ2) is 6.95. The second-order valence-corrected chi connectivity index (χ2v) is 4.84. The Morgan fingerprint density at radius 1 is 1.63 bits per heavy atom. The molecule has 0 saturated carbocycles. The quantitative estimate of drug-likeness (QED) is 0.666. The van der Waals surface area contributed by atoms with Gasteiger partial charge in [0.1, 0.15) is 5.60 Å². The maximum Gasteiger partial charge on any atom is 0.106 e. The molecule has 0 aliphatic carbocycles. The van der Waals surface area contributed by atoms with Gasteiger partial charge in [0.25, 0.3) is 0 Å². The molecule has 1 aliphatic rings. The van der Waals surface area contributed by atoms with Gasteiger partial charge in [0.2, 0.25) is 0 Å². The molecule has 0 spiro atoms. The minimum atomic E-state index is -0.202. The predicted molar refractivity (Wildman–Crippen MR) is 68.6 cm³/mol. The lowest BCUT2D eigenvalue weighted by molar-refractivity contribution is -0.0159. The summed E-state index contributed by atoms with van der Waals surface area (Å²) in [6.07, 6.45) is 3.51. The third-order valence-electron chi connectivity index (χ3n) is 3.38. The van der Waals surface area contributed by atoms with Gasteiger partial charge in [-0.3, -0.25) is 4.68 Å². The van der Waals surface area contributed by atoms with Crippen molar-refractivity contribution in [2.24, 2.45) is 0 Å². The fourth-order valence-electron chi connectivity index (χ4n) is 2.14. The normalized spacial score (nSPS) is 23.1. The van der Waals surface area contributed by atoms with E-state index in [1.165, 1.54) is 0 Å². The van der Waals surface area contributed by atoms with Gasteiger partial charge in [-0.15, -0.1) is 5.10 Å². The summed E-state index contributed by atoms with van der Waals surface area (Å²) in [6.45, 7) is 3.66. The van der Waals surface area contributed by atoms with Crippen LogP contribution in [0.25, 0.3) is 0 Å². The molecule has 1 saturated heterocycles. The fourth-order valence-corrected chi connectivity index (χ4v) is 2.14. The number of nitrogens with zero attached hydrogens (tertiary/aromatic N) is 3. The van der Waals surface area contributed by atoms with Crippen molar-refractivity contribution >= 4 is 0 Å². The Morgan fingerprint density at radius 2 is 2.53 bits per heavy atom. The van der Waals surface area contributed by atoms with Crippen LogP contribution in [0.3, 0.4) is 0 Å². The largest absolute Gasteiger partial charge is 0.396 e. The number of aliphatic hydroxyl groups excluding tert-OH is 1. The van der Waals surface area contributed by atoms with Gasteiger partial charge < -0.3 is 19.9 Å². The first-order chi connectivity index (χ1) is 9.28. The van der Waals surface area contributed by atoms with E-state index in [4.69, 9.17) is 14.6 Å². The zero-order valence-corrected chi connectivity index (χ0v) is 11.3. The highest BCUT2D eigenvalue weighted by Crippen LogP contribution is 2.21. The SMILES string of the molecule is COC1(CNCc2cn(CCCO)nn2)CCOC1. The molecule has 7 nitrogen and oxygen atoms in total. The van der Waals surface area contributed by atoms with Crippen LogP contribution in [0.1, 0.15) is 18.5 Å². The van der Waals surface area contributed by atoms with Crippen LogP contribution in [0.4, 0.5) is 0 Å². The first-order valence-corrected chi connectivity index (χ1v) is 6.61. The Bertz CT molecular complexity index is 377. The highest BCUT2D eigenvalue weighted by Gasteiger charge is 2.34. The number of hydrogen-bond acceptors (Lipinski definition) is 6. The van der Waals surface area contributed by atoms with E-state index in [-0.39, 0.29) is 12.2 Å². The highest BCUT2D eigenvalue weighted by molar-refractivity contribution is 4.93. The number of methoxy groups -OCH3 is 1. The molecule has 0 radical (unpaired) electrons. The maximum absolute atomic E-state index is 8.75. The number of aliphatic hydroxyl groups is 1. The highest BCUT2D eigenvalue weighted by atomic mass is 16.5. The van der Waals surface area contributed by atoms with E-state index in [0.717, 1.165) is 25.3 Å². The average Bonchev–Trinajstić information content (AvgIpc) is 3.06. The molecule has 2 N–H and O–H groups in total. The number of nitrogens with one attached hydrogen (secondary N) is 1. The molecule has 0 bridgehead atoms. The van der Waals surface area contributed by atoms with E-state index < -0.39 is 0 Å². The summed E-state index contributed by atoms with van der Waals surface area (Å²) in [5.74, 6) is 0. The van der Waals surface area contributed by atoms with Gasteiger partial charge in [-0.05, 0) is 6.42 Å². The van der Waals surface area contributed by atoms with Crippen LogP contribution in [0.5, 0.6) is 0 Å². The van der Waals surface area contributed by atoms with Crippen molar-refractivity contribution in [3.8, 4) is 0 Å². The van der Waals surface area contributed by atoms with Gasteiger partial charge in [-0.1, -0.05) is 5.21 Å². The van der Waals surface area contributed by atoms with Gasteiger partial charge >= 0.3 is 0 Å². The molecular weight excluding hydrogens is 248 g/mol. The molecule has 1 aromatic heterocycles. The Morgan fingerprint density at radius 3 is 3.21 bits per heavy atom. The molecule has 7 heteroatoms. The predicted octanol–water partition coefficient (Wildman–Crippen LogP) is -0.444. The number of hydrogen-bond donors (Lipinski definition) is 2. The van der Waals surface area contributed by atoms with Gasteiger partial charge in [-0.25, -0.2) is 0 Å². The Balaban J connectivity index is 1.74. The number of aryl methyl sites for hydroxylation is 1. The van der Waals surface area contributed by atoms with Crippen molar-refractivity contribution in [3.05, 3.63) is 11.9 Å². The third kappa shape index (κ3) is 3.97. The summed E-state index contributed by atoms with van der Waals surface area (Å²) >= 11 is 0. The van der Waals surface area contributed by atoms with E-state index in [0.29, 0.717) is 26.1 Å². The fraction of sp³-hybridized carbons (Fsp3) is 0.833. The van der Waals surface area contributed by atoms with Crippen molar-refractivity contribution < 1.29 is 14.6 Å². The summed E-state index contributed by atoms with van der Waals surface area (Å²) < 4.78 is 12.7. The summed E-state index contributed by atoms with van der Waals surface area (Å²) in [7, 11) is 1.72. The molecule has 19 heavy (non-hydrogen) atoms. The molecule has 2 rings (SSSR count). The summed E-state index contributed by atoms with van der Waals surface area (Å²) in [4.78, 5) is 0. The van der Waals surface area contributed by atoms with Crippen LogP contribution in [0.15, 0.2) is 6.20 Å². The lowest BCUT2D eigenvalue weighted by Crippen LogP contribution is -2.42. The second-order valence-electron chi connectivity index (χ2n) is 4.84. The molecule has 0 aromatic carbocycles. The van der Waals surface area contributed by atoms with Gasteiger partial charge in [0.05, 0.1) is 12.3 Å². The molecule has 1 atom stereocenters. The van der Waals surface area contributed by atoms with Crippen molar-refractivity contribution in [1.82, 2.24) is 20.3 Å². The summed E-state index contributed by atoms with van der Waals surface area (Å²) in [5, 5.41) is 20.2. The van der Waals surface area contributed by atoms with E-state index in [2.05, 4.69) is 15.6 Å². The maximum atomic E-state index is 8.75. The summed E-state index contributed by atoms with van der Waals surface area (Å²) in [5.41, 5.74) is 0.690. The van der Waals surface area contributed by atoms with Crippen LogP contribution in [0.2, 0.25) is 0 Å². The molecule has 1 unspecified atom stereocenters. The van der Waals surface area contributed by atoms with Gasteiger partial charge in [-0.2, -0.15) is 0 Å². The lowest BCUT2D eigenvalue weighted by atomic mass is 10.0. The average molecular weight is 270 g/mol. The zero-order chi connectivity index (χ0) is 13.6. The Kier molecular flexibility index (Phi) is 5.26. The molecule has 1 aromatic rings. The smallest absolute Gasteiger partial charge is 0.106 e. The first kappa shape index (κ1) is 14.4. The molecule has 108 valence electrons. The van der Waals surface area contributed by atoms with E-state index in [9.17, 15) is 0 Å². The number of ether oxygens (including phenoxy) is 2. The first-order valence-electron chi connectivity index (χ1n) is 6.61. The molecule has 0 amide bonds. The molecule has 1 aliphatic heterocycles. The topological polar surface area (TPSA) is 81.4 Å². The standard InChI is InChI=1S/C12H22N4O3/c1-18-12(3-6-19-10-12)9-13-7-11-8-16(15-14-11)4-2-5-17/h8,13,17H,2-7,9-10H2,1H3. The van der Waals surface area contributed by atoms with Crippen molar-refractivity contribution in [3.63, 3.8) is 0 Å². The molecule has 1 fully saturated rings.